The highest BCUT2D eigenvalue weighted by atomic mass is 79.9. The summed E-state index contributed by atoms with van der Waals surface area (Å²) in [6.07, 6.45) is -4.72. The van der Waals surface area contributed by atoms with Crippen molar-refractivity contribution in [3.05, 3.63) is 32.8 Å². The lowest BCUT2D eigenvalue weighted by Gasteiger charge is -2.19. The molecule has 0 radical (unpaired) electrons. The summed E-state index contributed by atoms with van der Waals surface area (Å²) in [6, 6.07) is 3.44. The quantitative estimate of drug-likeness (QED) is 0.367. The molecule has 0 saturated carbocycles. The molecule has 1 aromatic rings. The number of rotatable bonds is 5. The molecule has 1 rings (SSSR count). The molecule has 0 bridgehead atoms. The van der Waals surface area contributed by atoms with Gasteiger partial charge in [-0.3, -0.25) is 15.5 Å². The summed E-state index contributed by atoms with van der Waals surface area (Å²) in [4.78, 5) is 9.87. The van der Waals surface area contributed by atoms with Gasteiger partial charge in [-0.15, -0.1) is 0 Å². The SMILES string of the molecule is N=C(N)C(COc1cc([N+](=O)[O-])ccc1Br)C(F)(F)F. The van der Waals surface area contributed by atoms with E-state index in [1.54, 1.807) is 0 Å². The van der Waals surface area contributed by atoms with Crippen LogP contribution in [0.5, 0.6) is 5.75 Å². The molecule has 0 heterocycles. The van der Waals surface area contributed by atoms with Gasteiger partial charge in [0.2, 0.25) is 0 Å². The molecule has 0 saturated heterocycles. The van der Waals surface area contributed by atoms with Gasteiger partial charge < -0.3 is 10.5 Å². The Morgan fingerprint density at radius 2 is 2.15 bits per heavy atom. The third-order valence-electron chi connectivity index (χ3n) is 2.30. The van der Waals surface area contributed by atoms with Crippen LogP contribution >= 0.6 is 15.9 Å². The molecule has 6 nitrogen and oxygen atoms in total. The topological polar surface area (TPSA) is 102 Å². The lowest BCUT2D eigenvalue weighted by molar-refractivity contribution is -0.385. The van der Waals surface area contributed by atoms with Gasteiger partial charge in [0.25, 0.3) is 5.69 Å². The van der Waals surface area contributed by atoms with Crippen LogP contribution in [0, 0.1) is 21.4 Å². The number of nitrogens with one attached hydrogen (secondary N) is 1. The number of hydrogen-bond acceptors (Lipinski definition) is 4. The average Bonchev–Trinajstić information content (AvgIpc) is 2.28. The Hall–Kier alpha value is -1.84. The van der Waals surface area contributed by atoms with E-state index in [0.717, 1.165) is 6.07 Å². The van der Waals surface area contributed by atoms with Crippen molar-refractivity contribution in [2.75, 3.05) is 6.61 Å². The van der Waals surface area contributed by atoms with Crippen LogP contribution in [-0.2, 0) is 0 Å². The Balaban J connectivity index is 2.91. The molecule has 0 amide bonds. The minimum atomic E-state index is -4.72. The molecular formula is C10H9BrF3N3O3. The van der Waals surface area contributed by atoms with E-state index >= 15 is 0 Å². The number of non-ortho nitro benzene ring substituents is 1. The predicted molar refractivity (Wildman–Crippen MR) is 67.8 cm³/mol. The molecule has 0 aliphatic heterocycles. The minimum Gasteiger partial charge on any atom is -0.491 e. The van der Waals surface area contributed by atoms with Crippen molar-refractivity contribution in [2.24, 2.45) is 11.7 Å². The first-order chi connectivity index (χ1) is 9.12. The molecule has 0 fully saturated rings. The van der Waals surface area contributed by atoms with E-state index in [1.807, 2.05) is 0 Å². The highest BCUT2D eigenvalue weighted by molar-refractivity contribution is 9.10. The fraction of sp³-hybridized carbons (Fsp3) is 0.300. The van der Waals surface area contributed by atoms with Crippen LogP contribution in [0.25, 0.3) is 0 Å². The number of ether oxygens (including phenoxy) is 1. The zero-order chi connectivity index (χ0) is 15.5. The molecule has 10 heteroatoms. The van der Waals surface area contributed by atoms with E-state index in [0.29, 0.717) is 0 Å². The number of alkyl halides is 3. The van der Waals surface area contributed by atoms with Crippen molar-refractivity contribution in [3.63, 3.8) is 0 Å². The average molecular weight is 356 g/mol. The Morgan fingerprint density at radius 1 is 1.55 bits per heavy atom. The first-order valence-electron chi connectivity index (χ1n) is 5.10. The van der Waals surface area contributed by atoms with Crippen LogP contribution in [0.1, 0.15) is 0 Å². The summed E-state index contributed by atoms with van der Waals surface area (Å²) < 4.78 is 42.8. The molecule has 0 aromatic heterocycles. The second-order valence-electron chi connectivity index (χ2n) is 3.73. The van der Waals surface area contributed by atoms with Crippen molar-refractivity contribution in [2.45, 2.75) is 6.18 Å². The molecule has 110 valence electrons. The first-order valence-corrected chi connectivity index (χ1v) is 5.89. The molecule has 0 spiro atoms. The Kier molecular flexibility index (Phi) is 4.93. The third-order valence-corrected chi connectivity index (χ3v) is 2.96. The Bertz CT molecular complexity index is 536. The largest absolute Gasteiger partial charge is 0.491 e. The van der Waals surface area contributed by atoms with Crippen molar-refractivity contribution in [3.8, 4) is 5.75 Å². The zero-order valence-corrected chi connectivity index (χ0v) is 11.4. The highest BCUT2D eigenvalue weighted by Crippen LogP contribution is 2.32. The third kappa shape index (κ3) is 4.08. The van der Waals surface area contributed by atoms with Crippen molar-refractivity contribution < 1.29 is 22.8 Å². The molecule has 20 heavy (non-hydrogen) atoms. The van der Waals surface area contributed by atoms with Crippen LogP contribution in [0.2, 0.25) is 0 Å². The van der Waals surface area contributed by atoms with E-state index in [9.17, 15) is 23.3 Å². The number of amidine groups is 1. The second-order valence-corrected chi connectivity index (χ2v) is 4.59. The number of benzene rings is 1. The summed E-state index contributed by atoms with van der Waals surface area (Å²) in [7, 11) is 0. The summed E-state index contributed by atoms with van der Waals surface area (Å²) >= 11 is 3.00. The molecule has 1 aromatic carbocycles. The lowest BCUT2D eigenvalue weighted by Crippen LogP contribution is -2.39. The normalized spacial score (nSPS) is 12.8. The molecule has 3 N–H and O–H groups in total. The van der Waals surface area contributed by atoms with E-state index in [2.05, 4.69) is 15.9 Å². The zero-order valence-electron chi connectivity index (χ0n) is 9.78. The van der Waals surface area contributed by atoms with Gasteiger partial charge >= 0.3 is 6.18 Å². The number of halogens is 4. The van der Waals surface area contributed by atoms with Gasteiger partial charge in [-0.05, 0) is 22.0 Å². The van der Waals surface area contributed by atoms with Gasteiger partial charge in [-0.2, -0.15) is 13.2 Å². The van der Waals surface area contributed by atoms with Crippen LogP contribution in [0.3, 0.4) is 0 Å². The summed E-state index contributed by atoms with van der Waals surface area (Å²) in [5, 5.41) is 17.5. The van der Waals surface area contributed by atoms with Gasteiger partial charge in [-0.1, -0.05) is 0 Å². The molecular weight excluding hydrogens is 347 g/mol. The van der Waals surface area contributed by atoms with Gasteiger partial charge in [0.05, 0.1) is 15.5 Å². The van der Waals surface area contributed by atoms with Gasteiger partial charge in [0, 0.05) is 6.07 Å². The van der Waals surface area contributed by atoms with Gasteiger partial charge in [0.15, 0.2) is 0 Å². The molecule has 0 aliphatic carbocycles. The van der Waals surface area contributed by atoms with Crippen LogP contribution in [0.4, 0.5) is 18.9 Å². The Labute approximate surface area is 119 Å². The summed E-state index contributed by atoms with van der Waals surface area (Å²) in [5.74, 6) is -3.48. The van der Waals surface area contributed by atoms with Crippen molar-refractivity contribution in [1.29, 1.82) is 5.41 Å². The molecule has 1 atom stereocenters. The minimum absolute atomic E-state index is 0.130. The summed E-state index contributed by atoms with van der Waals surface area (Å²) in [5.41, 5.74) is 4.54. The maximum absolute atomic E-state index is 12.6. The van der Waals surface area contributed by atoms with Crippen LogP contribution in [0.15, 0.2) is 22.7 Å². The van der Waals surface area contributed by atoms with Crippen LogP contribution in [-0.4, -0.2) is 23.5 Å². The van der Waals surface area contributed by atoms with Gasteiger partial charge in [0.1, 0.15) is 24.1 Å². The number of hydrogen-bond donors (Lipinski definition) is 2. The second kappa shape index (κ2) is 6.07. The van der Waals surface area contributed by atoms with E-state index < -0.39 is 29.5 Å². The predicted octanol–water partition coefficient (Wildman–Crippen LogP) is 2.85. The van der Waals surface area contributed by atoms with E-state index in [1.165, 1.54) is 12.1 Å². The number of nitrogens with two attached hydrogens (primary N) is 1. The van der Waals surface area contributed by atoms with E-state index in [4.69, 9.17) is 15.9 Å². The number of nitro groups is 1. The Morgan fingerprint density at radius 3 is 2.60 bits per heavy atom. The fourth-order valence-electron chi connectivity index (χ4n) is 1.25. The first kappa shape index (κ1) is 16.2. The van der Waals surface area contributed by atoms with Crippen LogP contribution < -0.4 is 10.5 Å². The monoisotopic (exact) mass is 355 g/mol. The maximum atomic E-state index is 12.6. The fourth-order valence-corrected chi connectivity index (χ4v) is 1.61. The highest BCUT2D eigenvalue weighted by Gasteiger charge is 2.42. The van der Waals surface area contributed by atoms with E-state index in [-0.39, 0.29) is 15.9 Å². The number of nitrogens with zero attached hydrogens (tertiary/aromatic N) is 1. The smallest absolute Gasteiger partial charge is 0.401 e. The summed E-state index contributed by atoms with van der Waals surface area (Å²) in [6.45, 7) is -0.932. The number of nitro benzene ring substituents is 1. The molecule has 1 unspecified atom stereocenters. The molecule has 0 aliphatic rings. The standard InChI is InChI=1S/C10H9BrF3N3O3/c11-7-2-1-5(17(18)19)3-8(7)20-4-6(9(15)16)10(12,13)14/h1-3,6H,4H2,(H3,15,16). The maximum Gasteiger partial charge on any atom is 0.401 e. The lowest BCUT2D eigenvalue weighted by atomic mass is 10.1. The van der Waals surface area contributed by atoms with Crippen molar-refractivity contribution >= 4 is 27.5 Å². The van der Waals surface area contributed by atoms with Gasteiger partial charge in [-0.25, -0.2) is 0 Å². The van der Waals surface area contributed by atoms with Crippen molar-refractivity contribution in [1.82, 2.24) is 0 Å².